The molecule has 1 aromatic rings. The van der Waals surface area contributed by atoms with Crippen LogP contribution in [-0.4, -0.2) is 28.7 Å². The highest BCUT2D eigenvalue weighted by Crippen LogP contribution is 2.30. The summed E-state index contributed by atoms with van der Waals surface area (Å²) >= 11 is 6.80. The quantitative estimate of drug-likeness (QED) is 0.684. The Bertz CT molecular complexity index is 481. The van der Waals surface area contributed by atoms with E-state index in [0.717, 1.165) is 19.3 Å². The van der Waals surface area contributed by atoms with Crippen LogP contribution in [0.5, 0.6) is 0 Å². The molecule has 1 aliphatic rings. The van der Waals surface area contributed by atoms with Crippen LogP contribution in [0.15, 0.2) is 22.7 Å². The van der Waals surface area contributed by atoms with Gasteiger partial charge in [0.05, 0.1) is 10.0 Å². The summed E-state index contributed by atoms with van der Waals surface area (Å²) in [5.41, 5.74) is 0.382. The third-order valence-corrected chi connectivity index (χ3v) is 5.52. The number of benzene rings is 1. The van der Waals surface area contributed by atoms with E-state index in [1.165, 1.54) is 12.5 Å². The zero-order valence-electron chi connectivity index (χ0n) is 10.7. The number of rotatable bonds is 2. The molecule has 0 aliphatic heterocycles. The highest BCUT2D eigenvalue weighted by Gasteiger charge is 2.30. The lowest BCUT2D eigenvalue weighted by molar-refractivity contribution is 0.0703. The summed E-state index contributed by atoms with van der Waals surface area (Å²) in [6.07, 6.45) is 4.39. The van der Waals surface area contributed by atoms with Gasteiger partial charge >= 0.3 is 0 Å². The monoisotopic (exact) mass is 391 g/mol. The van der Waals surface area contributed by atoms with Crippen molar-refractivity contribution in [2.24, 2.45) is 0 Å². The summed E-state index contributed by atoms with van der Waals surface area (Å²) < 4.78 is 13.7. The Labute approximate surface area is 129 Å². The first kappa shape index (κ1) is 15.0. The van der Waals surface area contributed by atoms with Crippen molar-refractivity contribution in [3.8, 4) is 0 Å². The van der Waals surface area contributed by atoms with Crippen molar-refractivity contribution in [3.63, 3.8) is 0 Å². The van der Waals surface area contributed by atoms with Crippen LogP contribution in [0.4, 0.5) is 4.39 Å². The summed E-state index contributed by atoms with van der Waals surface area (Å²) in [5.74, 6) is -0.541. The van der Waals surface area contributed by atoms with Crippen molar-refractivity contribution in [2.75, 3.05) is 7.05 Å². The number of amides is 1. The molecule has 2 nitrogen and oxygen atoms in total. The predicted octanol–water partition coefficient (Wildman–Crippen LogP) is 4.37. The Hall–Kier alpha value is -0.420. The maximum atomic E-state index is 13.5. The fraction of sp³-hybridized carbons (Fsp3) is 0.500. The number of nitrogens with zero attached hydrogens (tertiary/aromatic N) is 1. The highest BCUT2D eigenvalue weighted by molar-refractivity contribution is 9.10. The van der Waals surface area contributed by atoms with E-state index >= 15 is 0 Å². The Morgan fingerprint density at radius 1 is 1.37 bits per heavy atom. The van der Waals surface area contributed by atoms with Gasteiger partial charge < -0.3 is 4.90 Å². The van der Waals surface area contributed by atoms with Crippen molar-refractivity contribution in [2.45, 2.75) is 36.6 Å². The number of halogens is 3. The standard InChI is InChI=1S/C14H16Br2FNO/c1-18(12-8-3-2-6-10(12)15)14(19)9-5-4-7-11(17)13(9)16/h4-5,7,10,12H,2-3,6,8H2,1H3. The topological polar surface area (TPSA) is 20.3 Å². The molecule has 0 bridgehead atoms. The highest BCUT2D eigenvalue weighted by atomic mass is 79.9. The van der Waals surface area contributed by atoms with Gasteiger partial charge in [0.1, 0.15) is 5.82 Å². The van der Waals surface area contributed by atoms with Crippen molar-refractivity contribution < 1.29 is 9.18 Å². The van der Waals surface area contributed by atoms with Crippen LogP contribution in [0.3, 0.4) is 0 Å². The molecule has 1 aromatic carbocycles. The van der Waals surface area contributed by atoms with Gasteiger partial charge in [-0.2, -0.15) is 0 Å². The molecule has 1 aliphatic carbocycles. The van der Waals surface area contributed by atoms with Crippen molar-refractivity contribution in [1.82, 2.24) is 4.90 Å². The molecule has 5 heteroatoms. The van der Waals surface area contributed by atoms with Gasteiger partial charge in [-0.1, -0.05) is 34.8 Å². The third-order valence-electron chi connectivity index (χ3n) is 3.65. The van der Waals surface area contributed by atoms with E-state index in [0.29, 0.717) is 10.4 Å². The second kappa shape index (κ2) is 6.35. The van der Waals surface area contributed by atoms with Gasteiger partial charge in [-0.25, -0.2) is 4.39 Å². The van der Waals surface area contributed by atoms with Gasteiger partial charge in [-0.05, 0) is 40.9 Å². The van der Waals surface area contributed by atoms with E-state index in [-0.39, 0.29) is 16.4 Å². The molecule has 0 radical (unpaired) electrons. The Balaban J connectivity index is 2.21. The van der Waals surface area contributed by atoms with Crippen LogP contribution >= 0.6 is 31.9 Å². The molecule has 1 saturated carbocycles. The number of hydrogen-bond donors (Lipinski definition) is 0. The maximum Gasteiger partial charge on any atom is 0.255 e. The average Bonchev–Trinajstić information content (AvgIpc) is 2.41. The summed E-state index contributed by atoms with van der Waals surface area (Å²) in [6, 6.07) is 4.73. The lowest BCUT2D eigenvalue weighted by Crippen LogP contribution is -2.44. The maximum absolute atomic E-state index is 13.5. The second-order valence-electron chi connectivity index (χ2n) is 4.89. The molecule has 0 aromatic heterocycles. The van der Waals surface area contributed by atoms with Gasteiger partial charge in [0.2, 0.25) is 0 Å². The average molecular weight is 393 g/mol. The Kier molecular flexibility index (Phi) is 5.01. The molecule has 104 valence electrons. The minimum absolute atomic E-state index is 0.136. The number of carbonyl (C=O) groups excluding carboxylic acids is 1. The molecule has 19 heavy (non-hydrogen) atoms. The first-order valence-corrected chi connectivity index (χ1v) is 8.08. The zero-order chi connectivity index (χ0) is 14.0. The molecule has 1 fully saturated rings. The molecule has 2 rings (SSSR count). The van der Waals surface area contributed by atoms with E-state index in [4.69, 9.17) is 0 Å². The molecular formula is C14H16Br2FNO. The van der Waals surface area contributed by atoms with Gasteiger partial charge in [0, 0.05) is 17.9 Å². The van der Waals surface area contributed by atoms with Crippen molar-refractivity contribution >= 4 is 37.8 Å². The third kappa shape index (κ3) is 3.19. The van der Waals surface area contributed by atoms with Crippen LogP contribution in [0.2, 0.25) is 0 Å². The van der Waals surface area contributed by atoms with E-state index < -0.39 is 5.82 Å². The second-order valence-corrected chi connectivity index (χ2v) is 6.85. The summed E-state index contributed by atoms with van der Waals surface area (Å²) in [6.45, 7) is 0. The van der Waals surface area contributed by atoms with Gasteiger partial charge in [0.25, 0.3) is 5.91 Å². The zero-order valence-corrected chi connectivity index (χ0v) is 13.9. The number of alkyl halides is 1. The summed E-state index contributed by atoms with van der Waals surface area (Å²) in [5, 5.41) is 0. The Morgan fingerprint density at radius 2 is 2.05 bits per heavy atom. The van der Waals surface area contributed by atoms with E-state index in [1.54, 1.807) is 24.1 Å². The fourth-order valence-electron chi connectivity index (χ4n) is 2.51. The van der Waals surface area contributed by atoms with E-state index in [9.17, 15) is 9.18 Å². The minimum atomic E-state index is -0.404. The molecule has 0 heterocycles. The molecule has 2 atom stereocenters. The SMILES string of the molecule is CN(C(=O)c1cccc(F)c1Br)C1CCCCC1Br. The van der Waals surface area contributed by atoms with Crippen LogP contribution in [0.1, 0.15) is 36.0 Å². The van der Waals surface area contributed by atoms with E-state index in [2.05, 4.69) is 31.9 Å². The molecule has 0 N–H and O–H groups in total. The summed E-state index contributed by atoms with van der Waals surface area (Å²) in [4.78, 5) is 14.5. The smallest absolute Gasteiger partial charge is 0.255 e. The fourth-order valence-corrected chi connectivity index (χ4v) is 3.89. The van der Waals surface area contributed by atoms with Gasteiger partial charge in [-0.15, -0.1) is 0 Å². The van der Waals surface area contributed by atoms with Crippen LogP contribution in [0.25, 0.3) is 0 Å². The lowest BCUT2D eigenvalue weighted by Gasteiger charge is -2.35. The normalized spacial score (nSPS) is 23.2. The van der Waals surface area contributed by atoms with Crippen LogP contribution < -0.4 is 0 Å². The first-order valence-electron chi connectivity index (χ1n) is 6.37. The van der Waals surface area contributed by atoms with E-state index in [1.807, 2.05) is 0 Å². The Morgan fingerprint density at radius 3 is 2.74 bits per heavy atom. The van der Waals surface area contributed by atoms with Crippen molar-refractivity contribution in [1.29, 1.82) is 0 Å². The van der Waals surface area contributed by atoms with Gasteiger partial charge in [0.15, 0.2) is 0 Å². The molecular weight excluding hydrogens is 377 g/mol. The number of carbonyl (C=O) groups is 1. The molecule has 0 spiro atoms. The van der Waals surface area contributed by atoms with Gasteiger partial charge in [-0.3, -0.25) is 4.79 Å². The lowest BCUT2D eigenvalue weighted by atomic mass is 9.94. The summed E-state index contributed by atoms with van der Waals surface area (Å²) in [7, 11) is 1.80. The predicted molar refractivity (Wildman–Crippen MR) is 81.2 cm³/mol. The number of hydrogen-bond acceptors (Lipinski definition) is 1. The molecule has 2 unspecified atom stereocenters. The molecule has 0 saturated heterocycles. The first-order chi connectivity index (χ1) is 9.02. The van der Waals surface area contributed by atoms with Crippen molar-refractivity contribution in [3.05, 3.63) is 34.1 Å². The largest absolute Gasteiger partial charge is 0.338 e. The van der Waals surface area contributed by atoms with Crippen LogP contribution in [0, 0.1) is 5.82 Å². The van der Waals surface area contributed by atoms with Crippen LogP contribution in [-0.2, 0) is 0 Å². The molecule has 1 amide bonds. The minimum Gasteiger partial charge on any atom is -0.338 e.